The molecule has 0 atom stereocenters. The predicted octanol–water partition coefficient (Wildman–Crippen LogP) is 5.01. The van der Waals surface area contributed by atoms with Gasteiger partial charge in [0.1, 0.15) is 0 Å². The van der Waals surface area contributed by atoms with Crippen LogP contribution in [0.2, 0.25) is 0 Å². The Morgan fingerprint density at radius 3 is 2.45 bits per heavy atom. The number of para-hydroxylation sites is 2. The molecule has 0 fully saturated rings. The minimum Gasteiger partial charge on any atom is -0.490 e. The van der Waals surface area contributed by atoms with E-state index in [4.69, 9.17) is 14.2 Å². The summed E-state index contributed by atoms with van der Waals surface area (Å²) in [6.45, 7) is 3.97. The molecule has 0 unspecified atom stereocenters. The molecule has 176 valence electrons. The number of nitrogens with zero attached hydrogens (tertiary/aromatic N) is 3. The van der Waals surface area contributed by atoms with Crippen LogP contribution in [0.15, 0.2) is 48.8 Å². The van der Waals surface area contributed by atoms with Crippen LogP contribution in [0.3, 0.4) is 0 Å². The Kier molecular flexibility index (Phi) is 7.92. The van der Waals surface area contributed by atoms with E-state index in [2.05, 4.69) is 10.1 Å². The van der Waals surface area contributed by atoms with Gasteiger partial charge in [0.25, 0.3) is 0 Å². The van der Waals surface area contributed by atoms with Crippen molar-refractivity contribution in [3.63, 3.8) is 0 Å². The maximum absolute atomic E-state index is 12.8. The van der Waals surface area contributed by atoms with Crippen molar-refractivity contribution in [3.05, 3.63) is 59.9 Å². The Balaban J connectivity index is 1.59. The second-order valence-corrected chi connectivity index (χ2v) is 7.09. The van der Waals surface area contributed by atoms with E-state index >= 15 is 0 Å². The molecule has 0 aliphatic rings. The van der Waals surface area contributed by atoms with Crippen molar-refractivity contribution >= 4 is 5.97 Å². The molecule has 0 aliphatic carbocycles. The quantitative estimate of drug-likeness (QED) is 0.239. The molecule has 2 heterocycles. The number of pyridine rings is 1. The van der Waals surface area contributed by atoms with Crippen molar-refractivity contribution in [1.82, 2.24) is 14.8 Å². The van der Waals surface area contributed by atoms with Crippen LogP contribution in [0, 0.1) is 0 Å². The third-order valence-corrected chi connectivity index (χ3v) is 4.54. The molecule has 0 amide bonds. The Labute approximate surface area is 189 Å². The Bertz CT molecular complexity index is 1070. The molecule has 1 aromatic carbocycles. The average Bonchev–Trinajstić information content (AvgIpc) is 3.17. The standard InChI is InChI=1S/C23H24F3N3O4/c1-3-31-22-17(15-29(28-22)21-12-11-18(14-27-21)23(24,25)26)8-6-7-13-32-19-9-4-5-10-20(19)33-16(2)30/h4-5,9-12,14-15H,3,6-8,13H2,1-2H3. The number of carbonyl (C=O) groups is 1. The van der Waals surface area contributed by atoms with E-state index in [0.717, 1.165) is 24.2 Å². The van der Waals surface area contributed by atoms with Gasteiger partial charge in [-0.1, -0.05) is 12.1 Å². The summed E-state index contributed by atoms with van der Waals surface area (Å²) in [5.41, 5.74) is -0.00204. The number of ether oxygens (including phenoxy) is 3. The van der Waals surface area contributed by atoms with Crippen LogP contribution >= 0.6 is 0 Å². The lowest BCUT2D eigenvalue weighted by molar-refractivity contribution is -0.138. The molecule has 0 bridgehead atoms. The fourth-order valence-electron chi connectivity index (χ4n) is 3.04. The highest BCUT2D eigenvalue weighted by atomic mass is 19.4. The van der Waals surface area contributed by atoms with Crippen LogP contribution in [-0.2, 0) is 17.4 Å². The second-order valence-electron chi connectivity index (χ2n) is 7.09. The predicted molar refractivity (Wildman–Crippen MR) is 114 cm³/mol. The summed E-state index contributed by atoms with van der Waals surface area (Å²) >= 11 is 0. The topological polar surface area (TPSA) is 75.5 Å². The van der Waals surface area contributed by atoms with Gasteiger partial charge < -0.3 is 14.2 Å². The number of esters is 1. The molecule has 0 aliphatic heterocycles. The van der Waals surface area contributed by atoms with Gasteiger partial charge in [-0.05, 0) is 50.5 Å². The first-order valence-corrected chi connectivity index (χ1v) is 10.4. The number of hydrogen-bond acceptors (Lipinski definition) is 6. The molecule has 2 aromatic heterocycles. The number of hydrogen-bond donors (Lipinski definition) is 0. The first kappa shape index (κ1) is 24.1. The minimum absolute atomic E-state index is 0.264. The Morgan fingerprint density at radius 1 is 1.06 bits per heavy atom. The summed E-state index contributed by atoms with van der Waals surface area (Å²) in [6, 6.07) is 9.17. The molecule has 33 heavy (non-hydrogen) atoms. The van der Waals surface area contributed by atoms with Gasteiger partial charge in [-0.15, -0.1) is 5.10 Å². The Morgan fingerprint density at radius 2 is 1.82 bits per heavy atom. The van der Waals surface area contributed by atoms with Gasteiger partial charge in [0.05, 0.1) is 18.8 Å². The number of aryl methyl sites for hydroxylation is 1. The number of alkyl halides is 3. The molecule has 10 heteroatoms. The van der Waals surface area contributed by atoms with E-state index in [1.165, 1.54) is 17.7 Å². The fourth-order valence-corrected chi connectivity index (χ4v) is 3.04. The van der Waals surface area contributed by atoms with Crippen LogP contribution in [0.4, 0.5) is 13.2 Å². The lowest BCUT2D eigenvalue weighted by Gasteiger charge is -2.10. The van der Waals surface area contributed by atoms with E-state index in [-0.39, 0.29) is 5.82 Å². The van der Waals surface area contributed by atoms with Crippen LogP contribution in [0.1, 0.15) is 37.8 Å². The summed E-state index contributed by atoms with van der Waals surface area (Å²) in [5.74, 6) is 1.12. The van der Waals surface area contributed by atoms with Crippen molar-refractivity contribution < 1.29 is 32.2 Å². The van der Waals surface area contributed by atoms with Gasteiger partial charge in [-0.25, -0.2) is 9.67 Å². The third kappa shape index (κ3) is 6.71. The molecule has 0 saturated heterocycles. The van der Waals surface area contributed by atoms with E-state index < -0.39 is 17.7 Å². The largest absolute Gasteiger partial charge is 0.490 e. The molecule has 0 saturated carbocycles. The van der Waals surface area contributed by atoms with Gasteiger partial charge in [0.15, 0.2) is 17.3 Å². The summed E-state index contributed by atoms with van der Waals surface area (Å²) < 4.78 is 56.1. The number of rotatable bonds is 10. The molecule has 3 aromatic rings. The number of aromatic nitrogens is 3. The zero-order valence-electron chi connectivity index (χ0n) is 18.3. The summed E-state index contributed by atoms with van der Waals surface area (Å²) in [7, 11) is 0. The number of halogens is 3. The molecule has 0 spiro atoms. The number of benzene rings is 1. The first-order valence-electron chi connectivity index (χ1n) is 10.4. The summed E-state index contributed by atoms with van der Waals surface area (Å²) in [6.07, 6.45) is 0.133. The summed E-state index contributed by atoms with van der Waals surface area (Å²) in [4.78, 5) is 15.1. The maximum Gasteiger partial charge on any atom is 0.417 e. The molecular weight excluding hydrogens is 439 g/mol. The van der Waals surface area contributed by atoms with Crippen LogP contribution in [-0.4, -0.2) is 33.9 Å². The number of carbonyl (C=O) groups excluding carboxylic acids is 1. The van der Waals surface area contributed by atoms with Gasteiger partial charge in [-0.3, -0.25) is 4.79 Å². The zero-order valence-corrected chi connectivity index (χ0v) is 18.3. The molecule has 3 rings (SSSR count). The van der Waals surface area contributed by atoms with Gasteiger partial charge in [0.2, 0.25) is 5.88 Å². The smallest absolute Gasteiger partial charge is 0.417 e. The van der Waals surface area contributed by atoms with E-state index in [1.807, 2.05) is 6.92 Å². The third-order valence-electron chi connectivity index (χ3n) is 4.54. The van der Waals surface area contributed by atoms with Crippen molar-refractivity contribution in [2.24, 2.45) is 0 Å². The number of unbranched alkanes of at least 4 members (excludes halogenated alkanes) is 1. The van der Waals surface area contributed by atoms with Crippen molar-refractivity contribution in [1.29, 1.82) is 0 Å². The molecular formula is C23H24F3N3O4. The highest BCUT2D eigenvalue weighted by Gasteiger charge is 2.30. The van der Waals surface area contributed by atoms with Crippen molar-refractivity contribution in [2.75, 3.05) is 13.2 Å². The lowest BCUT2D eigenvalue weighted by Crippen LogP contribution is -2.07. The molecule has 7 nitrogen and oxygen atoms in total. The van der Waals surface area contributed by atoms with Gasteiger partial charge in [-0.2, -0.15) is 13.2 Å². The maximum atomic E-state index is 12.8. The molecule has 0 N–H and O–H groups in total. The van der Waals surface area contributed by atoms with Crippen molar-refractivity contribution in [3.8, 4) is 23.2 Å². The van der Waals surface area contributed by atoms with Crippen LogP contribution in [0.5, 0.6) is 17.4 Å². The Hall–Kier alpha value is -3.56. The molecule has 0 radical (unpaired) electrons. The summed E-state index contributed by atoms with van der Waals surface area (Å²) in [5, 5.41) is 4.32. The SMILES string of the molecule is CCOc1nn(-c2ccc(C(F)(F)F)cn2)cc1CCCCOc1ccccc1OC(C)=O. The zero-order chi connectivity index (χ0) is 23.8. The van der Waals surface area contributed by atoms with Gasteiger partial charge >= 0.3 is 12.1 Å². The van der Waals surface area contributed by atoms with E-state index in [0.29, 0.717) is 43.4 Å². The van der Waals surface area contributed by atoms with E-state index in [1.54, 1.807) is 30.5 Å². The van der Waals surface area contributed by atoms with Crippen LogP contribution < -0.4 is 14.2 Å². The van der Waals surface area contributed by atoms with Crippen molar-refractivity contribution in [2.45, 2.75) is 39.3 Å². The van der Waals surface area contributed by atoms with Crippen LogP contribution in [0.25, 0.3) is 5.82 Å². The highest BCUT2D eigenvalue weighted by Crippen LogP contribution is 2.29. The first-order chi connectivity index (χ1) is 15.8. The monoisotopic (exact) mass is 463 g/mol. The average molecular weight is 463 g/mol. The minimum atomic E-state index is -4.45. The lowest BCUT2D eigenvalue weighted by atomic mass is 10.1. The second kappa shape index (κ2) is 10.8. The fraction of sp³-hybridized carbons (Fsp3) is 0.348. The normalized spacial score (nSPS) is 11.3. The van der Waals surface area contributed by atoms with E-state index in [9.17, 15) is 18.0 Å². The highest BCUT2D eigenvalue weighted by molar-refractivity contribution is 5.70. The van der Waals surface area contributed by atoms with Gasteiger partial charge in [0, 0.05) is 24.9 Å².